The zero-order valence-electron chi connectivity index (χ0n) is 11.5. The Kier molecular flexibility index (Phi) is 6.15. The highest BCUT2D eigenvalue weighted by molar-refractivity contribution is 5.73. The van der Waals surface area contributed by atoms with Gasteiger partial charge in [0.25, 0.3) is 0 Å². The number of carboxylic acid groups (broad SMARTS) is 1. The first-order chi connectivity index (χ1) is 9.08. The third-order valence-corrected chi connectivity index (χ3v) is 2.97. The van der Waals surface area contributed by atoms with Gasteiger partial charge in [-0.05, 0) is 37.1 Å². The first-order valence-electron chi connectivity index (χ1n) is 6.47. The smallest absolute Gasteiger partial charge is 0.320 e. The molecule has 0 aliphatic carbocycles. The van der Waals surface area contributed by atoms with Gasteiger partial charge in [-0.15, -0.1) is 0 Å². The standard InChI is InChI=1S/C14H22N2O3/c1-3-4-12(14(17)18)16-8-7-10-5-6-13(19-2)11(15)9-10/h5-6,9,12,16H,3-4,7-8,15H2,1-2H3,(H,17,18). The van der Waals surface area contributed by atoms with Crippen molar-refractivity contribution in [3.8, 4) is 5.75 Å². The lowest BCUT2D eigenvalue weighted by Gasteiger charge is -2.13. The molecule has 4 N–H and O–H groups in total. The Hall–Kier alpha value is -1.75. The van der Waals surface area contributed by atoms with Crippen molar-refractivity contribution in [3.63, 3.8) is 0 Å². The van der Waals surface area contributed by atoms with E-state index in [0.29, 0.717) is 24.4 Å². The van der Waals surface area contributed by atoms with Gasteiger partial charge in [0.15, 0.2) is 0 Å². The predicted octanol–water partition coefficient (Wildman–Crippen LogP) is 1.66. The molecule has 0 bridgehead atoms. The van der Waals surface area contributed by atoms with Crippen LogP contribution in [0.1, 0.15) is 25.3 Å². The molecular weight excluding hydrogens is 244 g/mol. The predicted molar refractivity (Wildman–Crippen MR) is 75.4 cm³/mol. The zero-order chi connectivity index (χ0) is 14.3. The molecule has 106 valence electrons. The van der Waals surface area contributed by atoms with Gasteiger partial charge in [-0.25, -0.2) is 0 Å². The third-order valence-electron chi connectivity index (χ3n) is 2.97. The van der Waals surface area contributed by atoms with Crippen LogP contribution in [0, 0.1) is 0 Å². The number of benzene rings is 1. The van der Waals surface area contributed by atoms with Crippen molar-refractivity contribution in [2.45, 2.75) is 32.2 Å². The second-order valence-corrected chi connectivity index (χ2v) is 4.46. The molecule has 1 aromatic carbocycles. The molecule has 0 aromatic heterocycles. The fourth-order valence-corrected chi connectivity index (χ4v) is 1.93. The number of nitrogens with one attached hydrogen (secondary N) is 1. The van der Waals surface area contributed by atoms with Crippen molar-refractivity contribution >= 4 is 11.7 Å². The third kappa shape index (κ3) is 4.79. The summed E-state index contributed by atoms with van der Waals surface area (Å²) in [5, 5.41) is 12.1. The second kappa shape index (κ2) is 7.63. The molecule has 0 saturated carbocycles. The van der Waals surface area contributed by atoms with Gasteiger partial charge in [0.1, 0.15) is 11.8 Å². The number of hydrogen-bond donors (Lipinski definition) is 3. The highest BCUT2D eigenvalue weighted by atomic mass is 16.5. The molecule has 1 atom stereocenters. The molecule has 1 unspecified atom stereocenters. The highest BCUT2D eigenvalue weighted by Crippen LogP contribution is 2.21. The number of carboxylic acids is 1. The molecule has 0 heterocycles. The van der Waals surface area contributed by atoms with E-state index in [0.717, 1.165) is 18.4 Å². The van der Waals surface area contributed by atoms with E-state index >= 15 is 0 Å². The Bertz CT molecular complexity index is 421. The lowest BCUT2D eigenvalue weighted by molar-refractivity contribution is -0.139. The summed E-state index contributed by atoms with van der Waals surface area (Å²) in [5.74, 6) is -0.137. The van der Waals surface area contributed by atoms with Crippen LogP contribution in [0.15, 0.2) is 18.2 Å². The number of nitrogens with two attached hydrogens (primary N) is 1. The number of ether oxygens (including phenoxy) is 1. The fraction of sp³-hybridized carbons (Fsp3) is 0.500. The van der Waals surface area contributed by atoms with Crippen LogP contribution in [0.4, 0.5) is 5.69 Å². The molecule has 0 aliphatic rings. The molecule has 0 aliphatic heterocycles. The molecule has 0 fully saturated rings. The highest BCUT2D eigenvalue weighted by Gasteiger charge is 2.14. The maximum Gasteiger partial charge on any atom is 0.320 e. The van der Waals surface area contributed by atoms with Crippen LogP contribution in [0.2, 0.25) is 0 Å². The number of methoxy groups -OCH3 is 1. The van der Waals surface area contributed by atoms with Gasteiger partial charge in [-0.1, -0.05) is 19.4 Å². The lowest BCUT2D eigenvalue weighted by Crippen LogP contribution is -2.37. The number of anilines is 1. The van der Waals surface area contributed by atoms with E-state index in [1.165, 1.54) is 0 Å². The number of nitrogen functional groups attached to an aromatic ring is 1. The van der Waals surface area contributed by atoms with Gasteiger partial charge in [0.05, 0.1) is 12.8 Å². The fourth-order valence-electron chi connectivity index (χ4n) is 1.93. The van der Waals surface area contributed by atoms with Gasteiger partial charge in [0, 0.05) is 0 Å². The first kappa shape index (κ1) is 15.3. The number of aliphatic carboxylic acids is 1. The minimum absolute atomic E-state index is 0.472. The molecule has 0 radical (unpaired) electrons. The van der Waals surface area contributed by atoms with Crippen LogP contribution in [-0.2, 0) is 11.2 Å². The van der Waals surface area contributed by atoms with Crippen LogP contribution in [0.25, 0.3) is 0 Å². The van der Waals surface area contributed by atoms with Gasteiger partial charge in [-0.2, -0.15) is 0 Å². The number of rotatable bonds is 8. The summed E-state index contributed by atoms with van der Waals surface area (Å²) in [6.07, 6.45) is 2.22. The van der Waals surface area contributed by atoms with Gasteiger partial charge in [0.2, 0.25) is 0 Å². The van der Waals surface area contributed by atoms with Gasteiger partial charge in [-0.3, -0.25) is 4.79 Å². The van der Waals surface area contributed by atoms with Crippen LogP contribution in [-0.4, -0.2) is 30.8 Å². The average molecular weight is 266 g/mol. The van der Waals surface area contributed by atoms with Crippen molar-refractivity contribution in [2.75, 3.05) is 19.4 Å². The first-order valence-corrected chi connectivity index (χ1v) is 6.47. The van der Waals surface area contributed by atoms with Crippen molar-refractivity contribution in [2.24, 2.45) is 0 Å². The maximum absolute atomic E-state index is 11.0. The Morgan fingerprint density at radius 3 is 2.79 bits per heavy atom. The Balaban J connectivity index is 2.48. The molecular formula is C14H22N2O3. The molecule has 5 heteroatoms. The summed E-state index contributed by atoms with van der Waals surface area (Å²) in [6, 6.07) is 5.15. The van der Waals surface area contributed by atoms with E-state index in [4.69, 9.17) is 15.6 Å². The van der Waals surface area contributed by atoms with E-state index in [-0.39, 0.29) is 0 Å². The molecule has 0 spiro atoms. The zero-order valence-corrected chi connectivity index (χ0v) is 11.5. The summed E-state index contributed by atoms with van der Waals surface area (Å²) in [4.78, 5) is 11.0. The molecule has 1 aromatic rings. The maximum atomic E-state index is 11.0. The van der Waals surface area contributed by atoms with Crippen molar-refractivity contribution < 1.29 is 14.6 Å². The van der Waals surface area contributed by atoms with Crippen molar-refractivity contribution in [1.82, 2.24) is 5.32 Å². The van der Waals surface area contributed by atoms with Crippen LogP contribution in [0.5, 0.6) is 5.75 Å². The molecule has 5 nitrogen and oxygen atoms in total. The summed E-state index contributed by atoms with van der Waals surface area (Å²) in [5.41, 5.74) is 7.48. The molecule has 19 heavy (non-hydrogen) atoms. The number of carbonyl (C=O) groups is 1. The average Bonchev–Trinajstić information content (AvgIpc) is 2.37. The van der Waals surface area contributed by atoms with E-state index in [1.807, 2.05) is 25.1 Å². The molecule has 0 saturated heterocycles. The minimum atomic E-state index is -0.795. The summed E-state index contributed by atoms with van der Waals surface area (Å²) in [6.45, 7) is 2.59. The second-order valence-electron chi connectivity index (χ2n) is 4.46. The van der Waals surface area contributed by atoms with Crippen molar-refractivity contribution in [3.05, 3.63) is 23.8 Å². The van der Waals surface area contributed by atoms with E-state index < -0.39 is 12.0 Å². The Labute approximate surface area is 113 Å². The summed E-state index contributed by atoms with van der Waals surface area (Å²) >= 11 is 0. The monoisotopic (exact) mass is 266 g/mol. The van der Waals surface area contributed by atoms with Gasteiger partial charge >= 0.3 is 5.97 Å². The quantitative estimate of drug-likeness (QED) is 0.623. The van der Waals surface area contributed by atoms with Gasteiger partial charge < -0.3 is 20.9 Å². The molecule has 0 amide bonds. The largest absolute Gasteiger partial charge is 0.495 e. The van der Waals surface area contributed by atoms with Crippen LogP contribution in [0.3, 0.4) is 0 Å². The minimum Gasteiger partial charge on any atom is -0.495 e. The van der Waals surface area contributed by atoms with E-state index in [9.17, 15) is 4.79 Å². The van der Waals surface area contributed by atoms with E-state index in [2.05, 4.69) is 5.32 Å². The summed E-state index contributed by atoms with van der Waals surface area (Å²) in [7, 11) is 1.58. The van der Waals surface area contributed by atoms with E-state index in [1.54, 1.807) is 7.11 Å². The number of hydrogen-bond acceptors (Lipinski definition) is 4. The SMILES string of the molecule is CCCC(NCCc1ccc(OC)c(N)c1)C(=O)O. The lowest BCUT2D eigenvalue weighted by atomic mass is 10.1. The Morgan fingerprint density at radius 1 is 1.53 bits per heavy atom. The van der Waals surface area contributed by atoms with Crippen LogP contribution < -0.4 is 15.8 Å². The van der Waals surface area contributed by atoms with Crippen molar-refractivity contribution in [1.29, 1.82) is 0 Å². The normalized spacial score (nSPS) is 12.1. The Morgan fingerprint density at radius 2 is 2.26 bits per heavy atom. The topological polar surface area (TPSA) is 84.6 Å². The summed E-state index contributed by atoms with van der Waals surface area (Å²) < 4.78 is 5.09. The van der Waals surface area contributed by atoms with Crippen LogP contribution >= 0.6 is 0 Å². The molecule has 1 rings (SSSR count).